The second kappa shape index (κ2) is 7.55. The topological polar surface area (TPSA) is 70.1 Å². The van der Waals surface area contributed by atoms with Crippen molar-refractivity contribution >= 4 is 23.1 Å². The molecule has 6 heteroatoms. The Bertz CT molecular complexity index is 973. The molecule has 0 aliphatic carbocycles. The van der Waals surface area contributed by atoms with Crippen LogP contribution in [0.2, 0.25) is 5.02 Å². The van der Waals surface area contributed by atoms with Crippen molar-refractivity contribution in [2.45, 2.75) is 13.3 Å². The third-order valence-corrected chi connectivity index (χ3v) is 4.88. The number of benzene rings is 2. The summed E-state index contributed by atoms with van der Waals surface area (Å²) in [6.07, 6.45) is 0.781. The van der Waals surface area contributed by atoms with E-state index in [1.54, 1.807) is 0 Å². The van der Waals surface area contributed by atoms with Crippen molar-refractivity contribution in [1.29, 1.82) is 0 Å². The van der Waals surface area contributed by atoms with Crippen molar-refractivity contribution < 1.29 is 5.11 Å². The summed E-state index contributed by atoms with van der Waals surface area (Å²) in [6, 6.07) is 14.0. The summed E-state index contributed by atoms with van der Waals surface area (Å²) in [5.41, 5.74) is 6.09. The molecule has 27 heavy (non-hydrogen) atoms. The maximum Gasteiger partial charge on any atom is 0.162 e. The van der Waals surface area contributed by atoms with Gasteiger partial charge in [0.2, 0.25) is 0 Å². The minimum atomic E-state index is 0.0447. The number of anilines is 2. The zero-order valence-electron chi connectivity index (χ0n) is 15.1. The van der Waals surface area contributed by atoms with Crippen LogP contribution in [0.25, 0.3) is 22.6 Å². The monoisotopic (exact) mass is 380 g/mol. The van der Waals surface area contributed by atoms with Gasteiger partial charge in [-0.1, -0.05) is 41.4 Å². The van der Waals surface area contributed by atoms with Gasteiger partial charge < -0.3 is 15.7 Å². The zero-order chi connectivity index (χ0) is 18.8. The lowest BCUT2D eigenvalue weighted by atomic mass is 10.0. The number of hydrogen-bond acceptors (Lipinski definition) is 5. The third-order valence-electron chi connectivity index (χ3n) is 4.65. The molecule has 0 fully saturated rings. The number of nitrogens with zero attached hydrogens (tertiary/aromatic N) is 2. The normalized spacial score (nSPS) is 12.6. The van der Waals surface area contributed by atoms with Gasteiger partial charge in [-0.3, -0.25) is 0 Å². The summed E-state index contributed by atoms with van der Waals surface area (Å²) in [5, 5.41) is 16.6. The molecule has 5 nitrogen and oxygen atoms in total. The van der Waals surface area contributed by atoms with E-state index >= 15 is 0 Å². The fraction of sp³-hybridized carbons (Fsp3) is 0.238. The van der Waals surface area contributed by atoms with E-state index < -0.39 is 0 Å². The summed E-state index contributed by atoms with van der Waals surface area (Å²) >= 11 is 6.19. The predicted octanol–water partition coefficient (Wildman–Crippen LogP) is 4.14. The van der Waals surface area contributed by atoms with E-state index in [0.29, 0.717) is 17.4 Å². The first-order valence-corrected chi connectivity index (χ1v) is 9.40. The maximum absolute atomic E-state index is 9.26. The molecule has 1 aromatic heterocycles. The van der Waals surface area contributed by atoms with E-state index in [0.717, 1.165) is 46.9 Å². The molecule has 1 aliphatic heterocycles. The highest BCUT2D eigenvalue weighted by Crippen LogP contribution is 2.37. The fourth-order valence-electron chi connectivity index (χ4n) is 3.29. The Labute approximate surface area is 163 Å². The van der Waals surface area contributed by atoms with Gasteiger partial charge in [0.15, 0.2) is 5.82 Å². The van der Waals surface area contributed by atoms with Gasteiger partial charge in [0, 0.05) is 40.5 Å². The zero-order valence-corrected chi connectivity index (χ0v) is 15.8. The number of aliphatic hydroxyl groups is 1. The minimum absolute atomic E-state index is 0.0447. The average molecular weight is 381 g/mol. The number of rotatable bonds is 4. The molecular weight excluding hydrogens is 360 g/mol. The highest BCUT2D eigenvalue weighted by Gasteiger charge is 2.21. The van der Waals surface area contributed by atoms with E-state index in [-0.39, 0.29) is 6.61 Å². The van der Waals surface area contributed by atoms with Crippen molar-refractivity contribution in [2.24, 2.45) is 0 Å². The highest BCUT2D eigenvalue weighted by molar-refractivity contribution is 6.31. The molecule has 0 bridgehead atoms. The SMILES string of the molecule is Cc1ccc(-c2nc(NCCO)c3c(n2)-c2ccc(Cl)cc2NCC3)cc1. The Morgan fingerprint density at radius 3 is 2.74 bits per heavy atom. The molecule has 3 N–H and O–H groups in total. The van der Waals surface area contributed by atoms with Crippen molar-refractivity contribution in [3.8, 4) is 22.6 Å². The van der Waals surface area contributed by atoms with E-state index in [1.807, 2.05) is 30.3 Å². The molecule has 0 amide bonds. The first kappa shape index (κ1) is 17.8. The number of aryl methyl sites for hydroxylation is 1. The molecular formula is C21H21ClN4O. The van der Waals surface area contributed by atoms with E-state index in [2.05, 4.69) is 29.7 Å². The largest absolute Gasteiger partial charge is 0.395 e. The smallest absolute Gasteiger partial charge is 0.162 e. The molecule has 2 heterocycles. The van der Waals surface area contributed by atoms with Crippen LogP contribution in [-0.4, -0.2) is 34.8 Å². The molecule has 0 spiro atoms. The molecule has 3 aromatic rings. The standard InChI is InChI=1S/C21H21ClN4O/c1-13-2-4-14(5-3-13)20-25-19-16-7-6-15(22)12-18(16)23-9-8-17(19)21(26-20)24-10-11-27/h2-7,12,23,27H,8-11H2,1H3,(H,24,25,26). The van der Waals surface area contributed by atoms with Crippen LogP contribution in [0, 0.1) is 6.92 Å². The highest BCUT2D eigenvalue weighted by atomic mass is 35.5. The molecule has 0 saturated heterocycles. The second-order valence-corrected chi connectivity index (χ2v) is 7.04. The van der Waals surface area contributed by atoms with E-state index in [4.69, 9.17) is 21.6 Å². The van der Waals surface area contributed by atoms with Crippen LogP contribution in [0.4, 0.5) is 11.5 Å². The third kappa shape index (κ3) is 3.61. The van der Waals surface area contributed by atoms with Crippen molar-refractivity contribution in [3.05, 3.63) is 58.6 Å². The van der Waals surface area contributed by atoms with Crippen LogP contribution >= 0.6 is 11.6 Å². The number of aromatic nitrogens is 2. The van der Waals surface area contributed by atoms with E-state index in [9.17, 15) is 5.11 Å². The Morgan fingerprint density at radius 1 is 1.15 bits per heavy atom. The first-order valence-electron chi connectivity index (χ1n) is 9.02. The second-order valence-electron chi connectivity index (χ2n) is 6.61. The lowest BCUT2D eigenvalue weighted by Crippen LogP contribution is -2.13. The van der Waals surface area contributed by atoms with Crippen LogP contribution in [0.5, 0.6) is 0 Å². The van der Waals surface area contributed by atoms with Crippen LogP contribution in [0.3, 0.4) is 0 Å². The lowest BCUT2D eigenvalue weighted by Gasteiger charge is -2.15. The number of hydrogen-bond donors (Lipinski definition) is 3. The average Bonchev–Trinajstić information content (AvgIpc) is 2.85. The Hall–Kier alpha value is -2.63. The van der Waals surface area contributed by atoms with Crippen molar-refractivity contribution in [1.82, 2.24) is 9.97 Å². The van der Waals surface area contributed by atoms with Gasteiger partial charge in [-0.2, -0.15) is 0 Å². The van der Waals surface area contributed by atoms with Gasteiger partial charge >= 0.3 is 0 Å². The lowest BCUT2D eigenvalue weighted by molar-refractivity contribution is 0.311. The minimum Gasteiger partial charge on any atom is -0.395 e. The number of halogens is 1. The molecule has 0 unspecified atom stereocenters. The predicted molar refractivity (Wildman–Crippen MR) is 110 cm³/mol. The molecule has 0 atom stereocenters. The van der Waals surface area contributed by atoms with Gasteiger partial charge in [-0.05, 0) is 31.5 Å². The fourth-order valence-corrected chi connectivity index (χ4v) is 3.46. The molecule has 4 rings (SSSR count). The van der Waals surface area contributed by atoms with Crippen molar-refractivity contribution in [2.75, 3.05) is 30.3 Å². The van der Waals surface area contributed by atoms with Crippen LogP contribution in [0.15, 0.2) is 42.5 Å². The van der Waals surface area contributed by atoms with Crippen molar-refractivity contribution in [3.63, 3.8) is 0 Å². The molecule has 1 aliphatic rings. The van der Waals surface area contributed by atoms with Gasteiger partial charge in [0.1, 0.15) is 5.82 Å². The molecule has 0 saturated carbocycles. The summed E-state index contributed by atoms with van der Waals surface area (Å²) in [5.74, 6) is 1.44. The van der Waals surface area contributed by atoms with Gasteiger partial charge in [0.05, 0.1) is 12.3 Å². The summed E-state index contributed by atoms with van der Waals surface area (Å²) in [7, 11) is 0. The Morgan fingerprint density at radius 2 is 1.96 bits per heavy atom. The Balaban J connectivity index is 1.92. The number of aliphatic hydroxyl groups excluding tert-OH is 1. The van der Waals surface area contributed by atoms with Crippen LogP contribution in [-0.2, 0) is 6.42 Å². The quantitative estimate of drug-likeness (QED) is 0.634. The summed E-state index contributed by atoms with van der Waals surface area (Å²) < 4.78 is 0. The number of nitrogens with one attached hydrogen (secondary N) is 2. The Kier molecular flexibility index (Phi) is 4.97. The van der Waals surface area contributed by atoms with Gasteiger partial charge in [-0.25, -0.2) is 9.97 Å². The van der Waals surface area contributed by atoms with Crippen LogP contribution in [0.1, 0.15) is 11.1 Å². The molecule has 138 valence electrons. The molecule has 2 aromatic carbocycles. The molecule has 0 radical (unpaired) electrons. The first-order chi connectivity index (χ1) is 13.2. The van der Waals surface area contributed by atoms with Gasteiger partial charge in [0.25, 0.3) is 0 Å². The maximum atomic E-state index is 9.26. The van der Waals surface area contributed by atoms with E-state index in [1.165, 1.54) is 5.56 Å². The number of fused-ring (bicyclic) bond motifs is 3. The summed E-state index contributed by atoms with van der Waals surface area (Å²) in [4.78, 5) is 9.68. The van der Waals surface area contributed by atoms with Gasteiger partial charge in [-0.15, -0.1) is 0 Å². The summed E-state index contributed by atoms with van der Waals surface area (Å²) in [6.45, 7) is 3.31. The van der Waals surface area contributed by atoms with Crippen LogP contribution < -0.4 is 10.6 Å².